The molecular weight excluding hydrogens is 108 g/mol. The van der Waals surface area contributed by atoms with Gasteiger partial charge in [0.2, 0.25) is 0 Å². The zero-order valence-corrected chi connectivity index (χ0v) is 5.17. The van der Waals surface area contributed by atoms with Crippen LogP contribution in [0.4, 0.5) is 0 Å². The van der Waals surface area contributed by atoms with Crippen molar-refractivity contribution in [1.82, 2.24) is 0 Å². The molecular formula is C5H10OS. The zero-order chi connectivity index (χ0) is 5.33. The summed E-state index contributed by atoms with van der Waals surface area (Å²) >= 11 is 0. The van der Waals surface area contributed by atoms with E-state index < -0.39 is 9.52 Å². The van der Waals surface area contributed by atoms with Gasteiger partial charge in [0, 0.05) is 11.5 Å². The highest BCUT2D eigenvalue weighted by Gasteiger charge is 2.09. The van der Waals surface area contributed by atoms with Gasteiger partial charge in [-0.05, 0) is 28.2 Å². The van der Waals surface area contributed by atoms with E-state index in [9.17, 15) is 4.21 Å². The molecule has 7 heavy (non-hydrogen) atoms. The average molecular weight is 118 g/mol. The summed E-state index contributed by atoms with van der Waals surface area (Å²) < 4.78 is 10.9. The van der Waals surface area contributed by atoms with Crippen molar-refractivity contribution in [2.24, 2.45) is 0 Å². The summed E-state index contributed by atoms with van der Waals surface area (Å²) in [6.45, 7) is 0. The van der Waals surface area contributed by atoms with Gasteiger partial charge in [-0.25, -0.2) is 0 Å². The quantitative estimate of drug-likeness (QED) is 0.423. The molecule has 0 aromatic rings. The monoisotopic (exact) mass is 118 g/mol. The molecule has 1 fully saturated rings. The van der Waals surface area contributed by atoms with Crippen LogP contribution in [0.2, 0.25) is 0 Å². The van der Waals surface area contributed by atoms with Gasteiger partial charge in [-0.1, -0.05) is 0 Å². The SMILES string of the molecule is C=S1(=O)CCCC1. The van der Waals surface area contributed by atoms with Gasteiger partial charge in [-0.3, -0.25) is 4.21 Å². The molecule has 0 bridgehead atoms. The second-order valence-corrected chi connectivity index (χ2v) is 4.83. The van der Waals surface area contributed by atoms with Crippen LogP contribution in [0.5, 0.6) is 0 Å². The fourth-order valence-electron chi connectivity index (χ4n) is 0.832. The first-order chi connectivity index (χ1) is 3.21. The van der Waals surface area contributed by atoms with Gasteiger partial charge >= 0.3 is 0 Å². The lowest BCUT2D eigenvalue weighted by molar-refractivity contribution is 0.685. The summed E-state index contributed by atoms with van der Waals surface area (Å²) in [6.07, 6.45) is 2.25. The van der Waals surface area contributed by atoms with Gasteiger partial charge in [-0.2, -0.15) is 0 Å². The lowest BCUT2D eigenvalue weighted by Gasteiger charge is -1.89. The molecule has 1 heterocycles. The third kappa shape index (κ3) is 1.20. The molecule has 0 saturated carbocycles. The van der Waals surface area contributed by atoms with Crippen LogP contribution >= 0.6 is 0 Å². The van der Waals surface area contributed by atoms with Gasteiger partial charge in [-0.15, -0.1) is 0 Å². The molecule has 42 valence electrons. The zero-order valence-electron chi connectivity index (χ0n) is 4.35. The minimum absolute atomic E-state index is 0.868. The molecule has 1 aliphatic rings. The molecule has 0 amide bonds. The second-order valence-electron chi connectivity index (χ2n) is 2.08. The highest BCUT2D eigenvalue weighted by molar-refractivity contribution is 8.00. The van der Waals surface area contributed by atoms with E-state index in [1.54, 1.807) is 0 Å². The minimum Gasteiger partial charge on any atom is -0.268 e. The molecule has 2 heteroatoms. The normalized spacial score (nSPS) is 28.0. The fourth-order valence-corrected chi connectivity index (χ4v) is 2.50. The van der Waals surface area contributed by atoms with E-state index in [4.69, 9.17) is 0 Å². The lowest BCUT2D eigenvalue weighted by Crippen LogP contribution is -1.98. The predicted molar refractivity (Wildman–Crippen MR) is 34.2 cm³/mol. The maximum absolute atomic E-state index is 10.9. The summed E-state index contributed by atoms with van der Waals surface area (Å²) in [5.74, 6) is 5.33. The third-order valence-electron chi connectivity index (χ3n) is 1.28. The van der Waals surface area contributed by atoms with Crippen LogP contribution in [0, 0.1) is 0 Å². The van der Waals surface area contributed by atoms with Gasteiger partial charge in [0.05, 0.1) is 0 Å². The summed E-state index contributed by atoms with van der Waals surface area (Å²) in [6, 6.07) is 0. The standard InChI is InChI=1S/C5H10OS/c1-7(6)4-2-3-5-7/h1-5H2. The summed E-state index contributed by atoms with van der Waals surface area (Å²) in [5.41, 5.74) is 0. The second kappa shape index (κ2) is 1.51. The molecule has 1 saturated heterocycles. The van der Waals surface area contributed by atoms with Crippen LogP contribution < -0.4 is 0 Å². The largest absolute Gasteiger partial charge is 0.268 e. The molecule has 0 atom stereocenters. The van der Waals surface area contributed by atoms with Crippen molar-refractivity contribution in [1.29, 1.82) is 0 Å². The first-order valence-corrected chi connectivity index (χ1v) is 4.60. The molecule has 1 aliphatic heterocycles. The molecule has 0 aliphatic carbocycles. The van der Waals surface area contributed by atoms with E-state index in [2.05, 4.69) is 5.87 Å². The number of rotatable bonds is 0. The van der Waals surface area contributed by atoms with Gasteiger partial charge in [0.25, 0.3) is 0 Å². The van der Waals surface area contributed by atoms with Crippen LogP contribution in [0.25, 0.3) is 0 Å². The van der Waals surface area contributed by atoms with Gasteiger partial charge < -0.3 is 0 Å². The van der Waals surface area contributed by atoms with Crippen molar-refractivity contribution in [3.63, 3.8) is 0 Å². The van der Waals surface area contributed by atoms with Crippen LogP contribution in [-0.2, 0) is 9.52 Å². The van der Waals surface area contributed by atoms with Crippen molar-refractivity contribution in [2.75, 3.05) is 11.5 Å². The van der Waals surface area contributed by atoms with Gasteiger partial charge in [0.1, 0.15) is 0 Å². The Labute approximate surface area is 44.7 Å². The molecule has 0 spiro atoms. The number of hydrogen-bond acceptors (Lipinski definition) is 1. The van der Waals surface area contributed by atoms with Crippen molar-refractivity contribution in [3.8, 4) is 0 Å². The Morgan fingerprint density at radius 2 is 1.71 bits per heavy atom. The molecule has 1 rings (SSSR count). The highest BCUT2D eigenvalue weighted by atomic mass is 32.2. The van der Waals surface area contributed by atoms with Crippen molar-refractivity contribution in [2.45, 2.75) is 12.8 Å². The average Bonchev–Trinajstić information content (AvgIpc) is 1.84. The molecule has 0 aromatic carbocycles. The van der Waals surface area contributed by atoms with Crippen LogP contribution in [-0.4, -0.2) is 21.6 Å². The smallest absolute Gasteiger partial charge is 0.0159 e. The Kier molecular flexibility index (Phi) is 1.11. The van der Waals surface area contributed by atoms with E-state index in [-0.39, 0.29) is 0 Å². The van der Waals surface area contributed by atoms with Crippen molar-refractivity contribution in [3.05, 3.63) is 0 Å². The summed E-state index contributed by atoms with van der Waals surface area (Å²) in [5, 5.41) is 0. The van der Waals surface area contributed by atoms with Crippen LogP contribution in [0.3, 0.4) is 0 Å². The first-order valence-electron chi connectivity index (χ1n) is 2.53. The first kappa shape index (κ1) is 5.16. The molecule has 0 radical (unpaired) electrons. The van der Waals surface area contributed by atoms with E-state index >= 15 is 0 Å². The van der Waals surface area contributed by atoms with Crippen LogP contribution in [0.15, 0.2) is 0 Å². The minimum atomic E-state index is -1.55. The van der Waals surface area contributed by atoms with E-state index in [0.717, 1.165) is 24.3 Å². The summed E-state index contributed by atoms with van der Waals surface area (Å²) in [4.78, 5) is 0. The molecule has 0 unspecified atom stereocenters. The Bertz CT molecular complexity index is 131. The van der Waals surface area contributed by atoms with Crippen molar-refractivity contribution >= 4 is 15.4 Å². The number of hydrogen-bond donors (Lipinski definition) is 0. The molecule has 1 nitrogen and oxygen atoms in total. The van der Waals surface area contributed by atoms with Crippen LogP contribution in [0.1, 0.15) is 12.8 Å². The van der Waals surface area contributed by atoms with E-state index in [1.807, 2.05) is 0 Å². The Morgan fingerprint density at radius 1 is 1.29 bits per heavy atom. The van der Waals surface area contributed by atoms with E-state index in [0.29, 0.717) is 0 Å². The Balaban J connectivity index is 2.76. The lowest BCUT2D eigenvalue weighted by atomic mass is 10.4. The highest BCUT2D eigenvalue weighted by Crippen LogP contribution is 2.08. The van der Waals surface area contributed by atoms with Crippen molar-refractivity contribution < 1.29 is 4.21 Å². The Morgan fingerprint density at radius 3 is 1.86 bits per heavy atom. The third-order valence-corrected chi connectivity index (χ3v) is 3.35. The Hall–Kier alpha value is 0.0200. The van der Waals surface area contributed by atoms with Gasteiger partial charge in [0.15, 0.2) is 0 Å². The summed E-state index contributed by atoms with van der Waals surface area (Å²) in [7, 11) is -1.55. The predicted octanol–water partition coefficient (Wildman–Crippen LogP) is 0.497. The maximum atomic E-state index is 10.9. The topological polar surface area (TPSA) is 17.1 Å². The fraction of sp³-hybridized carbons (Fsp3) is 0.800. The maximum Gasteiger partial charge on any atom is 0.0159 e. The molecule has 0 N–H and O–H groups in total. The molecule has 0 aromatic heterocycles. The van der Waals surface area contributed by atoms with E-state index in [1.165, 1.54) is 0 Å².